The van der Waals surface area contributed by atoms with Crippen molar-refractivity contribution < 1.29 is 4.39 Å². The highest BCUT2D eigenvalue weighted by molar-refractivity contribution is 7.98. The number of anilines is 1. The van der Waals surface area contributed by atoms with Gasteiger partial charge in [-0.2, -0.15) is 0 Å². The maximum absolute atomic E-state index is 12.9. The Labute approximate surface area is 104 Å². The lowest BCUT2D eigenvalue weighted by atomic mass is 10.2. The van der Waals surface area contributed by atoms with Crippen molar-refractivity contribution in [2.45, 2.75) is 17.6 Å². The number of aromatic nitrogens is 1. The molecule has 1 aromatic heterocycles. The number of hydrogen-bond acceptors (Lipinski definition) is 3. The fraction of sp³-hybridized carbons (Fsp3) is 0.154. The minimum absolute atomic E-state index is 0.305. The van der Waals surface area contributed by atoms with Crippen LogP contribution in [0, 0.1) is 12.7 Å². The summed E-state index contributed by atoms with van der Waals surface area (Å²) in [5, 5.41) is 0. The van der Waals surface area contributed by atoms with Crippen LogP contribution in [0.5, 0.6) is 0 Å². The summed E-state index contributed by atoms with van der Waals surface area (Å²) in [5.41, 5.74) is 8.40. The lowest BCUT2D eigenvalue weighted by Crippen LogP contribution is -1.93. The van der Waals surface area contributed by atoms with Crippen LogP contribution in [-0.4, -0.2) is 4.98 Å². The molecule has 88 valence electrons. The molecule has 0 atom stereocenters. The van der Waals surface area contributed by atoms with Crippen molar-refractivity contribution >= 4 is 17.4 Å². The summed E-state index contributed by atoms with van der Waals surface area (Å²) in [6.07, 6.45) is 1.77. The van der Waals surface area contributed by atoms with Gasteiger partial charge in [0.2, 0.25) is 0 Å². The van der Waals surface area contributed by atoms with Gasteiger partial charge in [-0.25, -0.2) is 4.39 Å². The maximum Gasteiger partial charge on any atom is 0.125 e. The number of aryl methyl sites for hydroxylation is 1. The van der Waals surface area contributed by atoms with Crippen LogP contribution in [-0.2, 0) is 5.75 Å². The van der Waals surface area contributed by atoms with E-state index in [1.54, 1.807) is 24.0 Å². The zero-order valence-electron chi connectivity index (χ0n) is 9.48. The minimum atomic E-state index is -0.305. The van der Waals surface area contributed by atoms with Gasteiger partial charge in [0, 0.05) is 22.5 Å². The summed E-state index contributed by atoms with van der Waals surface area (Å²) < 4.78 is 12.9. The first kappa shape index (κ1) is 11.9. The molecule has 0 aliphatic rings. The first-order valence-electron chi connectivity index (χ1n) is 5.25. The molecule has 2 nitrogen and oxygen atoms in total. The highest BCUT2D eigenvalue weighted by Crippen LogP contribution is 2.28. The molecule has 0 fully saturated rings. The van der Waals surface area contributed by atoms with Gasteiger partial charge in [0.25, 0.3) is 0 Å². The summed E-state index contributed by atoms with van der Waals surface area (Å²) in [4.78, 5) is 5.19. The van der Waals surface area contributed by atoms with E-state index in [0.29, 0.717) is 5.69 Å². The van der Waals surface area contributed by atoms with Gasteiger partial charge in [0.05, 0.1) is 5.69 Å². The van der Waals surface area contributed by atoms with E-state index in [0.717, 1.165) is 21.9 Å². The Morgan fingerprint density at radius 2 is 2.18 bits per heavy atom. The summed E-state index contributed by atoms with van der Waals surface area (Å²) >= 11 is 1.57. The van der Waals surface area contributed by atoms with Crippen molar-refractivity contribution in [3.63, 3.8) is 0 Å². The van der Waals surface area contributed by atoms with Crippen LogP contribution < -0.4 is 5.73 Å². The summed E-state index contributed by atoms with van der Waals surface area (Å²) in [7, 11) is 0. The number of benzene rings is 1. The van der Waals surface area contributed by atoms with Crippen molar-refractivity contribution in [3.05, 3.63) is 53.6 Å². The van der Waals surface area contributed by atoms with Crippen molar-refractivity contribution in [2.75, 3.05) is 5.73 Å². The number of rotatable bonds is 3. The number of nitrogen functional groups attached to an aromatic ring is 1. The molecule has 1 heterocycles. The maximum atomic E-state index is 12.9. The average molecular weight is 248 g/mol. The van der Waals surface area contributed by atoms with Crippen LogP contribution >= 0.6 is 11.8 Å². The van der Waals surface area contributed by atoms with E-state index < -0.39 is 0 Å². The number of halogens is 1. The molecule has 17 heavy (non-hydrogen) atoms. The van der Waals surface area contributed by atoms with E-state index in [1.165, 1.54) is 12.1 Å². The molecule has 0 amide bonds. The van der Waals surface area contributed by atoms with Gasteiger partial charge in [0.15, 0.2) is 0 Å². The Bertz CT molecular complexity index is 529. The number of nitrogens with two attached hydrogens (primary N) is 1. The number of thioether (sulfide) groups is 1. The van der Waals surface area contributed by atoms with Crippen LogP contribution in [0.2, 0.25) is 0 Å². The Morgan fingerprint density at radius 1 is 1.35 bits per heavy atom. The normalized spacial score (nSPS) is 10.5. The van der Waals surface area contributed by atoms with E-state index in [1.807, 2.05) is 19.1 Å². The molecule has 2 aromatic rings. The average Bonchev–Trinajstić information content (AvgIpc) is 2.30. The lowest BCUT2D eigenvalue weighted by molar-refractivity contribution is 0.627. The summed E-state index contributed by atoms with van der Waals surface area (Å²) in [5.74, 6) is 0.434. The molecule has 0 saturated heterocycles. The van der Waals surface area contributed by atoms with Gasteiger partial charge in [-0.1, -0.05) is 6.07 Å². The third-order valence-corrected chi connectivity index (χ3v) is 3.55. The van der Waals surface area contributed by atoms with Gasteiger partial charge in [-0.05, 0) is 36.8 Å². The standard InChI is InChI=1S/C13H13FN2S/c1-9-3-2-6-16-12(9)8-17-13-5-4-10(14)7-11(13)15/h2-7H,8,15H2,1H3. The fourth-order valence-electron chi connectivity index (χ4n) is 1.47. The Kier molecular flexibility index (Phi) is 3.64. The number of pyridine rings is 1. The molecule has 2 N–H and O–H groups in total. The van der Waals surface area contributed by atoms with Crippen molar-refractivity contribution in [2.24, 2.45) is 0 Å². The van der Waals surface area contributed by atoms with Crippen LogP contribution in [0.15, 0.2) is 41.4 Å². The van der Waals surface area contributed by atoms with Crippen LogP contribution in [0.3, 0.4) is 0 Å². The number of hydrogen-bond donors (Lipinski definition) is 1. The quantitative estimate of drug-likeness (QED) is 0.668. The minimum Gasteiger partial charge on any atom is -0.398 e. The van der Waals surface area contributed by atoms with Crippen LogP contribution in [0.4, 0.5) is 10.1 Å². The molecular formula is C13H13FN2S. The van der Waals surface area contributed by atoms with E-state index >= 15 is 0 Å². The second-order valence-corrected chi connectivity index (χ2v) is 4.75. The Balaban J connectivity index is 2.10. The molecule has 1 aromatic carbocycles. The Morgan fingerprint density at radius 3 is 2.88 bits per heavy atom. The monoisotopic (exact) mass is 248 g/mol. The third-order valence-electron chi connectivity index (χ3n) is 2.45. The predicted octanol–water partition coefficient (Wildman–Crippen LogP) is 3.40. The second kappa shape index (κ2) is 5.19. The second-order valence-electron chi connectivity index (χ2n) is 3.74. The van der Waals surface area contributed by atoms with E-state index in [4.69, 9.17) is 5.73 Å². The van der Waals surface area contributed by atoms with E-state index in [2.05, 4.69) is 4.98 Å². The van der Waals surface area contributed by atoms with Gasteiger partial charge in [0.1, 0.15) is 5.82 Å². The molecule has 0 saturated carbocycles. The van der Waals surface area contributed by atoms with E-state index in [9.17, 15) is 4.39 Å². The largest absolute Gasteiger partial charge is 0.398 e. The van der Waals surface area contributed by atoms with Gasteiger partial charge < -0.3 is 5.73 Å². The van der Waals surface area contributed by atoms with Crippen molar-refractivity contribution in [3.8, 4) is 0 Å². The SMILES string of the molecule is Cc1cccnc1CSc1ccc(F)cc1N. The first-order chi connectivity index (χ1) is 8.16. The zero-order chi connectivity index (χ0) is 12.3. The van der Waals surface area contributed by atoms with Gasteiger partial charge in [-0.15, -0.1) is 11.8 Å². The third kappa shape index (κ3) is 2.97. The molecule has 0 aliphatic carbocycles. The predicted molar refractivity (Wildman–Crippen MR) is 69.3 cm³/mol. The zero-order valence-corrected chi connectivity index (χ0v) is 10.3. The topological polar surface area (TPSA) is 38.9 Å². The van der Waals surface area contributed by atoms with Gasteiger partial charge in [-0.3, -0.25) is 4.98 Å². The number of nitrogens with zero attached hydrogens (tertiary/aromatic N) is 1. The smallest absolute Gasteiger partial charge is 0.125 e. The summed E-state index contributed by atoms with van der Waals surface area (Å²) in [6, 6.07) is 8.40. The van der Waals surface area contributed by atoms with Crippen molar-refractivity contribution in [1.82, 2.24) is 4.98 Å². The molecule has 2 rings (SSSR count). The molecule has 0 radical (unpaired) electrons. The molecular weight excluding hydrogens is 235 g/mol. The van der Waals surface area contributed by atoms with Gasteiger partial charge >= 0.3 is 0 Å². The molecule has 4 heteroatoms. The molecule has 0 unspecified atom stereocenters. The van der Waals surface area contributed by atoms with Crippen LogP contribution in [0.1, 0.15) is 11.3 Å². The first-order valence-corrected chi connectivity index (χ1v) is 6.23. The highest BCUT2D eigenvalue weighted by Gasteiger charge is 2.04. The highest BCUT2D eigenvalue weighted by atomic mass is 32.2. The molecule has 0 aliphatic heterocycles. The van der Waals surface area contributed by atoms with Crippen LogP contribution in [0.25, 0.3) is 0 Å². The fourth-order valence-corrected chi connectivity index (χ4v) is 2.45. The van der Waals surface area contributed by atoms with E-state index in [-0.39, 0.29) is 5.82 Å². The Hall–Kier alpha value is -1.55. The summed E-state index contributed by atoms with van der Waals surface area (Å²) in [6.45, 7) is 2.02. The van der Waals surface area contributed by atoms with Crippen molar-refractivity contribution in [1.29, 1.82) is 0 Å². The lowest BCUT2D eigenvalue weighted by Gasteiger charge is -2.06. The molecule has 0 bridgehead atoms. The molecule has 0 spiro atoms.